The van der Waals surface area contributed by atoms with E-state index in [0.717, 1.165) is 31.9 Å². The third-order valence-electron chi connectivity index (χ3n) is 3.40. The molecule has 1 saturated heterocycles. The van der Waals surface area contributed by atoms with Crippen molar-refractivity contribution in [3.8, 4) is 0 Å². The van der Waals surface area contributed by atoms with Crippen LogP contribution in [-0.4, -0.2) is 54.0 Å². The van der Waals surface area contributed by atoms with Crippen LogP contribution < -0.4 is 0 Å². The van der Waals surface area contributed by atoms with Crippen molar-refractivity contribution in [2.75, 3.05) is 33.0 Å². The molecule has 0 N–H and O–H groups in total. The fourth-order valence-corrected chi connectivity index (χ4v) is 5.06. The van der Waals surface area contributed by atoms with Gasteiger partial charge in [0.05, 0.1) is 19.3 Å². The van der Waals surface area contributed by atoms with Crippen LogP contribution in [0.25, 0.3) is 0 Å². The lowest BCUT2D eigenvalue weighted by Gasteiger charge is -2.30. The van der Waals surface area contributed by atoms with Crippen LogP contribution in [0.4, 0.5) is 0 Å². The Morgan fingerprint density at radius 3 is 2.00 bits per heavy atom. The van der Waals surface area contributed by atoms with Crippen molar-refractivity contribution in [1.82, 2.24) is 0 Å². The lowest BCUT2D eigenvalue weighted by atomic mass is 10.1. The van der Waals surface area contributed by atoms with Crippen LogP contribution in [0.2, 0.25) is 6.04 Å². The molecule has 1 fully saturated rings. The molecular weight excluding hydrogens is 288 g/mol. The molecule has 21 heavy (non-hydrogen) atoms. The van der Waals surface area contributed by atoms with Gasteiger partial charge in [0, 0.05) is 25.9 Å². The summed E-state index contributed by atoms with van der Waals surface area (Å²) in [5.41, 5.74) is 0. The fourth-order valence-electron chi connectivity index (χ4n) is 2.38. The topological polar surface area (TPSA) is 49.5 Å². The number of ether oxygens (including phenoxy) is 2. The summed E-state index contributed by atoms with van der Waals surface area (Å²) in [6.45, 7) is 11.6. The summed E-state index contributed by atoms with van der Waals surface area (Å²) in [4.78, 5) is 0. The first-order chi connectivity index (χ1) is 10.2. The summed E-state index contributed by atoms with van der Waals surface area (Å²) in [7, 11) is -2.54. The van der Waals surface area contributed by atoms with Gasteiger partial charge in [0.25, 0.3) is 0 Å². The summed E-state index contributed by atoms with van der Waals surface area (Å²) < 4.78 is 28.8. The van der Waals surface area contributed by atoms with Crippen molar-refractivity contribution in [3.63, 3.8) is 0 Å². The maximum absolute atomic E-state index is 5.97. The van der Waals surface area contributed by atoms with Crippen LogP contribution in [0.1, 0.15) is 47.0 Å². The third-order valence-corrected chi connectivity index (χ3v) is 6.48. The van der Waals surface area contributed by atoms with E-state index in [1.54, 1.807) is 0 Å². The summed E-state index contributed by atoms with van der Waals surface area (Å²) in [5, 5.41) is 0. The molecule has 1 aliphatic rings. The molecule has 0 aromatic rings. The molecule has 0 aliphatic carbocycles. The molecule has 6 heteroatoms. The van der Waals surface area contributed by atoms with E-state index in [-0.39, 0.29) is 6.10 Å². The Balaban J connectivity index is 2.47. The zero-order chi connectivity index (χ0) is 15.6. The molecule has 1 rings (SSSR count). The average molecular weight is 321 g/mol. The predicted molar refractivity (Wildman–Crippen MR) is 84.4 cm³/mol. The summed E-state index contributed by atoms with van der Waals surface area (Å²) in [6.07, 6.45) is 3.65. The van der Waals surface area contributed by atoms with Crippen LogP contribution in [0.15, 0.2) is 0 Å². The lowest BCUT2D eigenvalue weighted by Crippen LogP contribution is -2.46. The maximum Gasteiger partial charge on any atom is 0.501 e. The van der Waals surface area contributed by atoms with Crippen molar-refractivity contribution in [2.24, 2.45) is 0 Å². The van der Waals surface area contributed by atoms with Gasteiger partial charge in [-0.3, -0.25) is 0 Å². The molecule has 0 spiro atoms. The molecule has 1 aliphatic heterocycles. The summed E-state index contributed by atoms with van der Waals surface area (Å²) in [5.74, 6) is 0. The lowest BCUT2D eigenvalue weighted by molar-refractivity contribution is 0.0249. The molecule has 0 aromatic carbocycles. The van der Waals surface area contributed by atoms with Gasteiger partial charge >= 0.3 is 8.80 Å². The minimum absolute atomic E-state index is 0.243. The van der Waals surface area contributed by atoms with Gasteiger partial charge < -0.3 is 22.8 Å². The standard InChI is InChI=1S/C15H32O5Si/c1-5-9-14(16-12-15-13-17-15)10-11-21(18-6-2,19-7-3)20-8-4/h14-15H,5-13H2,1-4H3. The van der Waals surface area contributed by atoms with Crippen LogP contribution >= 0.6 is 0 Å². The third kappa shape index (κ3) is 7.72. The SMILES string of the molecule is CCCC(CC[Si](OCC)(OCC)OCC)OCC1CO1. The van der Waals surface area contributed by atoms with E-state index in [1.807, 2.05) is 20.8 Å². The fraction of sp³-hybridized carbons (Fsp3) is 1.00. The highest BCUT2D eigenvalue weighted by Gasteiger charge is 2.40. The first kappa shape index (κ1) is 19.1. The summed E-state index contributed by atoms with van der Waals surface area (Å²) in [6, 6.07) is 0.818. The van der Waals surface area contributed by atoms with Crippen LogP contribution in [0, 0.1) is 0 Å². The monoisotopic (exact) mass is 320 g/mol. The highest BCUT2D eigenvalue weighted by molar-refractivity contribution is 6.60. The average Bonchev–Trinajstić information content (AvgIpc) is 3.27. The Bertz CT molecular complexity index is 243. The van der Waals surface area contributed by atoms with E-state index in [9.17, 15) is 0 Å². The van der Waals surface area contributed by atoms with Crippen molar-refractivity contribution in [2.45, 2.75) is 65.2 Å². The second-order valence-electron chi connectivity index (χ2n) is 5.22. The highest BCUT2D eigenvalue weighted by atomic mass is 28.4. The first-order valence-electron chi connectivity index (χ1n) is 8.34. The molecule has 0 saturated carbocycles. The van der Waals surface area contributed by atoms with E-state index in [2.05, 4.69) is 6.92 Å². The Morgan fingerprint density at radius 2 is 1.57 bits per heavy atom. The van der Waals surface area contributed by atoms with Crippen LogP contribution in [0.5, 0.6) is 0 Å². The number of rotatable bonds is 14. The second-order valence-corrected chi connectivity index (χ2v) is 7.95. The molecule has 126 valence electrons. The van der Waals surface area contributed by atoms with Crippen LogP contribution in [0.3, 0.4) is 0 Å². The van der Waals surface area contributed by atoms with Gasteiger partial charge in [-0.15, -0.1) is 0 Å². The first-order valence-corrected chi connectivity index (χ1v) is 10.3. The highest BCUT2D eigenvalue weighted by Crippen LogP contribution is 2.23. The van der Waals surface area contributed by atoms with Crippen LogP contribution in [-0.2, 0) is 22.8 Å². The van der Waals surface area contributed by atoms with Gasteiger partial charge in [-0.05, 0) is 33.6 Å². The number of hydrogen-bond acceptors (Lipinski definition) is 5. The Kier molecular flexibility index (Phi) is 9.71. The Hall–Kier alpha value is 0.0169. The normalized spacial score (nSPS) is 19.7. The van der Waals surface area contributed by atoms with E-state index < -0.39 is 8.80 Å². The second kappa shape index (κ2) is 10.7. The van der Waals surface area contributed by atoms with Crippen molar-refractivity contribution in [3.05, 3.63) is 0 Å². The maximum atomic E-state index is 5.97. The molecule has 0 aromatic heterocycles. The molecule has 2 atom stereocenters. The van der Waals surface area contributed by atoms with Gasteiger partial charge in [0.1, 0.15) is 6.10 Å². The van der Waals surface area contributed by atoms with E-state index in [4.69, 9.17) is 22.8 Å². The molecule has 2 unspecified atom stereocenters. The quantitative estimate of drug-likeness (QED) is 0.364. The molecule has 0 bridgehead atoms. The van der Waals surface area contributed by atoms with E-state index in [1.165, 1.54) is 0 Å². The largest absolute Gasteiger partial charge is 0.501 e. The molecule has 5 nitrogen and oxygen atoms in total. The van der Waals surface area contributed by atoms with Gasteiger partial charge in [-0.25, -0.2) is 0 Å². The van der Waals surface area contributed by atoms with Gasteiger partial charge in [-0.2, -0.15) is 0 Å². The number of hydrogen-bond donors (Lipinski definition) is 0. The molecule has 0 amide bonds. The minimum Gasteiger partial charge on any atom is -0.375 e. The van der Waals surface area contributed by atoms with Crippen molar-refractivity contribution in [1.29, 1.82) is 0 Å². The Labute approximate surface area is 130 Å². The Morgan fingerprint density at radius 1 is 1.00 bits per heavy atom. The molecular formula is C15H32O5Si. The number of epoxide rings is 1. The van der Waals surface area contributed by atoms with Gasteiger partial charge in [0.2, 0.25) is 0 Å². The van der Waals surface area contributed by atoms with E-state index in [0.29, 0.717) is 32.5 Å². The molecule has 0 radical (unpaired) electrons. The van der Waals surface area contributed by atoms with Crippen molar-refractivity contribution >= 4 is 8.80 Å². The summed E-state index contributed by atoms with van der Waals surface area (Å²) >= 11 is 0. The predicted octanol–water partition coefficient (Wildman–Crippen LogP) is 3.01. The van der Waals surface area contributed by atoms with Gasteiger partial charge in [0.15, 0.2) is 0 Å². The zero-order valence-electron chi connectivity index (χ0n) is 14.1. The molecule has 1 heterocycles. The minimum atomic E-state index is -2.54. The zero-order valence-corrected chi connectivity index (χ0v) is 15.1. The smallest absolute Gasteiger partial charge is 0.375 e. The van der Waals surface area contributed by atoms with E-state index >= 15 is 0 Å². The van der Waals surface area contributed by atoms with Crippen molar-refractivity contribution < 1.29 is 22.8 Å². The van der Waals surface area contributed by atoms with Gasteiger partial charge in [-0.1, -0.05) is 13.3 Å².